The smallest absolute Gasteiger partial charge is 0.410 e. The molecule has 2 rings (SSSR count). The van der Waals surface area contributed by atoms with Crippen molar-refractivity contribution in [3.63, 3.8) is 0 Å². The molecule has 0 spiro atoms. The monoisotopic (exact) mass is 397 g/mol. The van der Waals surface area contributed by atoms with Gasteiger partial charge in [-0.3, -0.25) is 20.4 Å². The first-order chi connectivity index (χ1) is 12.6. The maximum Gasteiger partial charge on any atom is 0.410 e. The number of hydrazine groups is 1. The topological polar surface area (TPSA) is 113 Å². The van der Waals surface area contributed by atoms with Crippen molar-refractivity contribution >= 4 is 35.2 Å². The van der Waals surface area contributed by atoms with Gasteiger partial charge in [0.1, 0.15) is 10.8 Å². The molecule has 10 heteroatoms. The second-order valence-corrected chi connectivity index (χ2v) is 7.55. The number of pyridine rings is 1. The van der Waals surface area contributed by atoms with Crippen LogP contribution < -0.4 is 16.2 Å². The van der Waals surface area contributed by atoms with Crippen LogP contribution in [0.5, 0.6) is 0 Å². The van der Waals surface area contributed by atoms with E-state index in [4.69, 9.17) is 16.3 Å². The van der Waals surface area contributed by atoms with Gasteiger partial charge in [0.15, 0.2) is 0 Å². The Kier molecular flexibility index (Phi) is 6.48. The van der Waals surface area contributed by atoms with Crippen LogP contribution in [-0.4, -0.2) is 53.5 Å². The summed E-state index contributed by atoms with van der Waals surface area (Å²) in [5.41, 5.74) is 4.88. The Morgan fingerprint density at radius 3 is 2.63 bits per heavy atom. The quantitative estimate of drug-likeness (QED) is 0.529. The molecule has 27 heavy (non-hydrogen) atoms. The fourth-order valence-electron chi connectivity index (χ4n) is 2.57. The second-order valence-electron chi connectivity index (χ2n) is 7.16. The number of hydrogen-bond acceptors (Lipinski definition) is 6. The summed E-state index contributed by atoms with van der Waals surface area (Å²) in [6.45, 7) is 6.01. The van der Waals surface area contributed by atoms with E-state index < -0.39 is 23.5 Å². The van der Waals surface area contributed by atoms with Crippen molar-refractivity contribution < 1.29 is 19.1 Å². The minimum Gasteiger partial charge on any atom is -0.444 e. The van der Waals surface area contributed by atoms with Crippen LogP contribution in [0.1, 0.15) is 37.6 Å². The molecule has 0 radical (unpaired) electrons. The highest BCUT2D eigenvalue weighted by atomic mass is 35.5. The van der Waals surface area contributed by atoms with Gasteiger partial charge in [-0.25, -0.2) is 9.78 Å². The number of hydrogen-bond donors (Lipinski definition) is 3. The first-order valence-corrected chi connectivity index (χ1v) is 8.90. The lowest BCUT2D eigenvalue weighted by Gasteiger charge is -2.24. The summed E-state index contributed by atoms with van der Waals surface area (Å²) in [5, 5.41) is 3.08. The van der Waals surface area contributed by atoms with E-state index in [2.05, 4.69) is 21.2 Å². The minimum absolute atomic E-state index is 0.237. The van der Waals surface area contributed by atoms with E-state index in [0.29, 0.717) is 18.7 Å². The second kappa shape index (κ2) is 8.43. The molecule has 1 atom stereocenters. The fourth-order valence-corrected chi connectivity index (χ4v) is 2.73. The Hall–Kier alpha value is -2.55. The first-order valence-electron chi connectivity index (χ1n) is 8.52. The minimum atomic E-state index is -0.594. The Balaban J connectivity index is 1.88. The lowest BCUT2D eigenvalue weighted by Crippen LogP contribution is -2.45. The molecule has 1 saturated heterocycles. The summed E-state index contributed by atoms with van der Waals surface area (Å²) in [4.78, 5) is 41.9. The molecule has 0 aromatic carbocycles. The highest BCUT2D eigenvalue weighted by Gasteiger charge is 2.33. The molecule has 1 aromatic heterocycles. The van der Waals surface area contributed by atoms with E-state index in [-0.39, 0.29) is 23.2 Å². The SMILES string of the molecule is CNc1cc(Cl)ncc1C(=O)NNC(=O)C1CCN(C(=O)OC(C)(C)C)C1. The lowest BCUT2D eigenvalue weighted by molar-refractivity contribution is -0.125. The third kappa shape index (κ3) is 5.72. The van der Waals surface area contributed by atoms with Gasteiger partial charge in [0.25, 0.3) is 5.91 Å². The highest BCUT2D eigenvalue weighted by Crippen LogP contribution is 2.20. The molecule has 148 valence electrons. The summed E-state index contributed by atoms with van der Waals surface area (Å²) >= 11 is 5.80. The van der Waals surface area contributed by atoms with Crippen LogP contribution in [0.2, 0.25) is 5.15 Å². The molecule has 1 fully saturated rings. The summed E-state index contributed by atoms with van der Waals surface area (Å²) in [6.07, 6.45) is 1.36. The van der Waals surface area contributed by atoms with E-state index in [9.17, 15) is 14.4 Å². The highest BCUT2D eigenvalue weighted by molar-refractivity contribution is 6.29. The number of rotatable bonds is 3. The maximum atomic E-state index is 12.3. The summed E-state index contributed by atoms with van der Waals surface area (Å²) in [7, 11) is 1.64. The summed E-state index contributed by atoms with van der Waals surface area (Å²) in [6, 6.07) is 1.51. The lowest BCUT2D eigenvalue weighted by atomic mass is 10.1. The Bertz CT molecular complexity index is 735. The Labute approximate surface area is 162 Å². The molecule has 3 N–H and O–H groups in total. The molecule has 0 aliphatic carbocycles. The third-order valence-electron chi connectivity index (χ3n) is 3.89. The molecular weight excluding hydrogens is 374 g/mol. The number of carbonyl (C=O) groups is 3. The summed E-state index contributed by atoms with van der Waals surface area (Å²) in [5.74, 6) is -1.33. The van der Waals surface area contributed by atoms with Crippen molar-refractivity contribution in [2.75, 3.05) is 25.5 Å². The predicted molar refractivity (Wildman–Crippen MR) is 100 cm³/mol. The zero-order valence-corrected chi connectivity index (χ0v) is 16.5. The average Bonchev–Trinajstić information content (AvgIpc) is 3.08. The van der Waals surface area contributed by atoms with Crippen molar-refractivity contribution in [3.8, 4) is 0 Å². The average molecular weight is 398 g/mol. The standard InChI is InChI=1S/C17H24ClN5O4/c1-17(2,3)27-16(26)23-6-5-10(9-23)14(24)21-22-15(25)11-8-20-13(18)7-12(11)19-4/h7-8,10H,5-6,9H2,1-4H3,(H,19,20)(H,21,24)(H,22,25). The Morgan fingerprint density at radius 1 is 1.30 bits per heavy atom. The zero-order valence-electron chi connectivity index (χ0n) is 15.8. The number of nitrogens with one attached hydrogen (secondary N) is 3. The number of anilines is 1. The van der Waals surface area contributed by atoms with Crippen LogP contribution in [0.3, 0.4) is 0 Å². The fraction of sp³-hybridized carbons (Fsp3) is 0.529. The number of nitrogens with zero attached hydrogens (tertiary/aromatic N) is 2. The van der Waals surface area contributed by atoms with Gasteiger partial charge in [0.05, 0.1) is 17.2 Å². The van der Waals surface area contributed by atoms with Crippen LogP contribution in [0.4, 0.5) is 10.5 Å². The number of aromatic nitrogens is 1. The van der Waals surface area contributed by atoms with Crippen molar-refractivity contribution in [3.05, 3.63) is 23.0 Å². The van der Waals surface area contributed by atoms with Crippen LogP contribution in [0.25, 0.3) is 0 Å². The van der Waals surface area contributed by atoms with Gasteiger partial charge in [-0.05, 0) is 33.3 Å². The van der Waals surface area contributed by atoms with Crippen molar-refractivity contribution in [1.82, 2.24) is 20.7 Å². The van der Waals surface area contributed by atoms with Gasteiger partial charge in [-0.1, -0.05) is 11.6 Å². The molecule has 0 saturated carbocycles. The van der Waals surface area contributed by atoms with E-state index in [0.717, 1.165) is 0 Å². The molecule has 3 amide bonds. The number of carbonyl (C=O) groups excluding carboxylic acids is 3. The first kappa shape index (κ1) is 20.8. The van der Waals surface area contributed by atoms with Crippen LogP contribution in [0.15, 0.2) is 12.3 Å². The third-order valence-corrected chi connectivity index (χ3v) is 4.10. The van der Waals surface area contributed by atoms with E-state index in [1.54, 1.807) is 27.8 Å². The number of halogens is 1. The number of likely N-dealkylation sites (tertiary alicyclic amines) is 1. The van der Waals surface area contributed by atoms with Gasteiger partial charge in [-0.2, -0.15) is 0 Å². The molecule has 0 bridgehead atoms. The molecule has 1 unspecified atom stereocenters. The molecule has 2 heterocycles. The van der Waals surface area contributed by atoms with Crippen LogP contribution in [0, 0.1) is 5.92 Å². The maximum absolute atomic E-state index is 12.3. The zero-order chi connectivity index (χ0) is 20.2. The van der Waals surface area contributed by atoms with Gasteiger partial charge >= 0.3 is 6.09 Å². The molecule has 9 nitrogen and oxygen atoms in total. The van der Waals surface area contributed by atoms with Gasteiger partial charge in [0.2, 0.25) is 5.91 Å². The van der Waals surface area contributed by atoms with Crippen molar-refractivity contribution in [2.24, 2.45) is 5.92 Å². The Morgan fingerprint density at radius 2 is 2.00 bits per heavy atom. The van der Waals surface area contributed by atoms with E-state index >= 15 is 0 Å². The van der Waals surface area contributed by atoms with Crippen molar-refractivity contribution in [1.29, 1.82) is 0 Å². The summed E-state index contributed by atoms with van der Waals surface area (Å²) < 4.78 is 5.30. The number of amides is 3. The molecule has 1 aliphatic heterocycles. The van der Waals surface area contributed by atoms with Crippen LogP contribution >= 0.6 is 11.6 Å². The molecule has 1 aliphatic rings. The van der Waals surface area contributed by atoms with Gasteiger partial charge in [-0.15, -0.1) is 0 Å². The van der Waals surface area contributed by atoms with Crippen molar-refractivity contribution in [2.45, 2.75) is 32.8 Å². The van der Waals surface area contributed by atoms with Crippen LogP contribution in [-0.2, 0) is 9.53 Å². The largest absolute Gasteiger partial charge is 0.444 e. The molecular formula is C17H24ClN5O4. The van der Waals surface area contributed by atoms with Gasteiger partial charge in [0, 0.05) is 26.3 Å². The normalized spacial score (nSPS) is 16.6. The van der Waals surface area contributed by atoms with Gasteiger partial charge < -0.3 is 15.0 Å². The number of ether oxygens (including phenoxy) is 1. The van der Waals surface area contributed by atoms with E-state index in [1.807, 2.05) is 0 Å². The predicted octanol–water partition coefficient (Wildman–Crippen LogP) is 1.79. The van der Waals surface area contributed by atoms with E-state index in [1.165, 1.54) is 17.2 Å². The molecule has 1 aromatic rings.